The van der Waals surface area contributed by atoms with Crippen LogP contribution in [0.4, 0.5) is 0 Å². The Kier molecular flexibility index (Phi) is 3.34. The summed E-state index contributed by atoms with van der Waals surface area (Å²) in [6.07, 6.45) is 1.02. The first-order valence-electron chi connectivity index (χ1n) is 5.38. The van der Waals surface area contributed by atoms with E-state index in [1.165, 1.54) is 0 Å². The first-order chi connectivity index (χ1) is 6.77. The fourth-order valence-electron chi connectivity index (χ4n) is 2.14. The Balaban J connectivity index is 1.89. The molecule has 1 N–H and O–H groups in total. The largest absolute Gasteiger partial charge is 0.340 e. The van der Waals surface area contributed by atoms with Gasteiger partial charge in [-0.1, -0.05) is 6.92 Å². The zero-order valence-corrected chi connectivity index (χ0v) is 9.48. The van der Waals surface area contributed by atoms with Crippen molar-refractivity contribution in [3.05, 3.63) is 0 Å². The van der Waals surface area contributed by atoms with Crippen LogP contribution >= 0.6 is 11.8 Å². The molecule has 0 spiro atoms. The monoisotopic (exact) mass is 214 g/mol. The van der Waals surface area contributed by atoms with Crippen molar-refractivity contribution in [1.82, 2.24) is 10.2 Å². The molecule has 0 aliphatic carbocycles. The van der Waals surface area contributed by atoms with Crippen molar-refractivity contribution in [2.75, 3.05) is 31.9 Å². The molecule has 2 saturated heterocycles. The molecular weight excluding hydrogens is 196 g/mol. The van der Waals surface area contributed by atoms with Gasteiger partial charge in [0.15, 0.2) is 0 Å². The Morgan fingerprint density at radius 2 is 2.43 bits per heavy atom. The fraction of sp³-hybridized carbons (Fsp3) is 0.900. The van der Waals surface area contributed by atoms with Crippen LogP contribution in [-0.2, 0) is 4.79 Å². The van der Waals surface area contributed by atoms with Gasteiger partial charge in [0.1, 0.15) is 0 Å². The highest BCUT2D eigenvalue weighted by Gasteiger charge is 2.29. The lowest BCUT2D eigenvalue weighted by Crippen LogP contribution is -2.44. The predicted octanol–water partition coefficient (Wildman–Crippen LogP) is 0.560. The van der Waals surface area contributed by atoms with Crippen LogP contribution in [0.1, 0.15) is 13.3 Å². The topological polar surface area (TPSA) is 32.3 Å². The van der Waals surface area contributed by atoms with Crippen LogP contribution in [0.3, 0.4) is 0 Å². The molecule has 14 heavy (non-hydrogen) atoms. The van der Waals surface area contributed by atoms with E-state index < -0.39 is 0 Å². The Hall–Kier alpha value is -0.220. The lowest BCUT2D eigenvalue weighted by Gasteiger charge is -2.32. The highest BCUT2D eigenvalue weighted by molar-refractivity contribution is 7.99. The van der Waals surface area contributed by atoms with Crippen LogP contribution in [0, 0.1) is 5.92 Å². The molecule has 80 valence electrons. The Morgan fingerprint density at radius 1 is 1.57 bits per heavy atom. The van der Waals surface area contributed by atoms with Crippen molar-refractivity contribution in [2.24, 2.45) is 5.92 Å². The second kappa shape index (κ2) is 4.53. The summed E-state index contributed by atoms with van der Waals surface area (Å²) in [5.74, 6) is 1.74. The van der Waals surface area contributed by atoms with Gasteiger partial charge in [0, 0.05) is 30.6 Å². The van der Waals surface area contributed by atoms with Crippen LogP contribution < -0.4 is 5.32 Å². The van der Waals surface area contributed by atoms with Gasteiger partial charge >= 0.3 is 0 Å². The maximum absolute atomic E-state index is 12.0. The molecule has 2 aliphatic rings. The van der Waals surface area contributed by atoms with E-state index in [2.05, 4.69) is 17.1 Å². The van der Waals surface area contributed by atoms with Crippen molar-refractivity contribution in [3.63, 3.8) is 0 Å². The van der Waals surface area contributed by atoms with E-state index >= 15 is 0 Å². The number of amides is 1. The summed E-state index contributed by atoms with van der Waals surface area (Å²) in [5, 5.41) is 3.86. The molecule has 1 amide bonds. The molecule has 4 heteroatoms. The Bertz CT molecular complexity index is 216. The molecule has 0 aromatic heterocycles. The summed E-state index contributed by atoms with van der Waals surface area (Å²) in [6.45, 7) is 5.99. The quantitative estimate of drug-likeness (QED) is 0.692. The van der Waals surface area contributed by atoms with Gasteiger partial charge in [0.25, 0.3) is 0 Å². The molecule has 0 saturated carbocycles. The number of nitrogens with zero attached hydrogens (tertiary/aromatic N) is 1. The van der Waals surface area contributed by atoms with E-state index in [4.69, 9.17) is 0 Å². The summed E-state index contributed by atoms with van der Waals surface area (Å²) >= 11 is 1.97. The average Bonchev–Trinajstić information content (AvgIpc) is 2.69. The number of thioether (sulfide) groups is 1. The molecule has 3 nitrogen and oxygen atoms in total. The molecule has 0 aromatic rings. The average molecular weight is 214 g/mol. The van der Waals surface area contributed by atoms with Crippen molar-refractivity contribution in [2.45, 2.75) is 18.6 Å². The van der Waals surface area contributed by atoms with Gasteiger partial charge in [-0.3, -0.25) is 4.79 Å². The smallest absolute Gasteiger partial charge is 0.227 e. The summed E-state index contributed by atoms with van der Waals surface area (Å²) in [4.78, 5) is 14.1. The molecule has 2 aliphatic heterocycles. The molecule has 0 radical (unpaired) electrons. The van der Waals surface area contributed by atoms with Crippen molar-refractivity contribution < 1.29 is 4.79 Å². The number of rotatable bonds is 1. The van der Waals surface area contributed by atoms with Crippen LogP contribution in [-0.4, -0.2) is 48.0 Å². The summed E-state index contributed by atoms with van der Waals surface area (Å²) < 4.78 is 0. The van der Waals surface area contributed by atoms with Crippen molar-refractivity contribution >= 4 is 17.7 Å². The van der Waals surface area contributed by atoms with Gasteiger partial charge in [0.05, 0.1) is 5.92 Å². The maximum Gasteiger partial charge on any atom is 0.227 e. The minimum Gasteiger partial charge on any atom is -0.340 e. The molecule has 2 atom stereocenters. The maximum atomic E-state index is 12.0. The molecule has 2 heterocycles. The summed E-state index contributed by atoms with van der Waals surface area (Å²) in [5.41, 5.74) is 0. The van der Waals surface area contributed by atoms with E-state index in [0.29, 0.717) is 11.2 Å². The number of carbonyl (C=O) groups excluding carboxylic acids is 1. The highest BCUT2D eigenvalue weighted by atomic mass is 32.2. The van der Waals surface area contributed by atoms with Crippen LogP contribution in [0.2, 0.25) is 0 Å². The van der Waals surface area contributed by atoms with E-state index in [1.807, 2.05) is 11.8 Å². The van der Waals surface area contributed by atoms with Crippen molar-refractivity contribution in [1.29, 1.82) is 0 Å². The van der Waals surface area contributed by atoms with Crippen molar-refractivity contribution in [3.8, 4) is 0 Å². The Labute approximate surface area is 89.6 Å². The SMILES string of the molecule is CC1CN(C(=O)[C@H]2CCNC2)CCS1. The third-order valence-electron chi connectivity index (χ3n) is 2.96. The van der Waals surface area contributed by atoms with Gasteiger partial charge < -0.3 is 10.2 Å². The first kappa shape index (κ1) is 10.3. The van der Waals surface area contributed by atoms with Crippen LogP contribution in [0.15, 0.2) is 0 Å². The second-order valence-corrected chi connectivity index (χ2v) is 5.70. The number of hydrogen-bond acceptors (Lipinski definition) is 3. The number of hydrogen-bond donors (Lipinski definition) is 1. The highest BCUT2D eigenvalue weighted by Crippen LogP contribution is 2.20. The fourth-order valence-corrected chi connectivity index (χ4v) is 3.16. The molecule has 1 unspecified atom stereocenters. The lowest BCUT2D eigenvalue weighted by atomic mass is 10.1. The van der Waals surface area contributed by atoms with Gasteiger partial charge in [-0.25, -0.2) is 0 Å². The number of nitrogens with one attached hydrogen (secondary N) is 1. The third-order valence-corrected chi connectivity index (χ3v) is 4.10. The second-order valence-electron chi connectivity index (χ2n) is 4.16. The molecular formula is C10H18N2OS. The van der Waals surface area contributed by atoms with Gasteiger partial charge in [-0.05, 0) is 13.0 Å². The van der Waals surface area contributed by atoms with Gasteiger partial charge in [-0.15, -0.1) is 0 Å². The standard InChI is InChI=1S/C10H18N2OS/c1-8-7-12(4-5-14-8)10(13)9-2-3-11-6-9/h8-9,11H,2-7H2,1H3/t8?,9-/m0/s1. The van der Waals surface area contributed by atoms with Crippen LogP contribution in [0.25, 0.3) is 0 Å². The summed E-state index contributed by atoms with van der Waals surface area (Å²) in [6, 6.07) is 0. The first-order valence-corrected chi connectivity index (χ1v) is 6.43. The van der Waals surface area contributed by atoms with E-state index in [9.17, 15) is 4.79 Å². The minimum atomic E-state index is 0.255. The lowest BCUT2D eigenvalue weighted by molar-refractivity contribution is -0.134. The zero-order chi connectivity index (χ0) is 9.97. The predicted molar refractivity (Wildman–Crippen MR) is 59.5 cm³/mol. The van der Waals surface area contributed by atoms with E-state index in [1.54, 1.807) is 0 Å². The number of carbonyl (C=O) groups is 1. The minimum absolute atomic E-state index is 0.255. The Morgan fingerprint density at radius 3 is 3.07 bits per heavy atom. The van der Waals surface area contributed by atoms with E-state index in [-0.39, 0.29) is 5.92 Å². The van der Waals surface area contributed by atoms with Gasteiger partial charge in [0.2, 0.25) is 5.91 Å². The van der Waals surface area contributed by atoms with Gasteiger partial charge in [-0.2, -0.15) is 11.8 Å². The normalized spacial score (nSPS) is 33.4. The summed E-state index contributed by atoms with van der Waals surface area (Å²) in [7, 11) is 0. The van der Waals surface area contributed by atoms with E-state index in [0.717, 1.165) is 38.4 Å². The zero-order valence-electron chi connectivity index (χ0n) is 8.66. The van der Waals surface area contributed by atoms with Crippen LogP contribution in [0.5, 0.6) is 0 Å². The molecule has 0 aromatic carbocycles. The third kappa shape index (κ3) is 2.23. The molecule has 0 bridgehead atoms. The molecule has 2 rings (SSSR count). The molecule has 2 fully saturated rings.